The Morgan fingerprint density at radius 1 is 1.27 bits per heavy atom. The van der Waals surface area contributed by atoms with Crippen molar-refractivity contribution in [3.63, 3.8) is 0 Å². The van der Waals surface area contributed by atoms with Gasteiger partial charge in [0.2, 0.25) is 10.0 Å². The molecule has 0 spiro atoms. The molecule has 1 fully saturated rings. The summed E-state index contributed by atoms with van der Waals surface area (Å²) in [6.07, 6.45) is 2.79. The highest BCUT2D eigenvalue weighted by atomic mass is 32.2. The van der Waals surface area contributed by atoms with E-state index in [1.54, 1.807) is 7.05 Å². The van der Waals surface area contributed by atoms with Crippen molar-refractivity contribution in [3.8, 4) is 5.75 Å². The summed E-state index contributed by atoms with van der Waals surface area (Å²) in [7, 11) is -1.56. The molecule has 2 aromatic rings. The molecule has 1 aromatic carbocycles. The van der Waals surface area contributed by atoms with Gasteiger partial charge in [0.05, 0.1) is 12.8 Å². The average molecular weight is 380 g/mol. The second-order valence-corrected chi connectivity index (χ2v) is 8.53. The molecule has 142 valence electrons. The number of rotatable bonds is 6. The van der Waals surface area contributed by atoms with Gasteiger partial charge >= 0.3 is 5.69 Å². The molecule has 0 saturated carbocycles. The number of hydrogen-bond donors (Lipinski definition) is 0. The van der Waals surface area contributed by atoms with Crippen molar-refractivity contribution in [1.29, 1.82) is 0 Å². The standard InChI is InChI=1S/C17H24N4O4S/c1-19-16(14-7-6-10-20(13-14)26(2,23)24)18-21(17(19)22)11-12-25-15-8-4-3-5-9-15/h3-5,8-9,14H,6-7,10-13H2,1-2H3. The molecule has 0 amide bonds. The minimum Gasteiger partial charge on any atom is -0.492 e. The molecule has 8 nitrogen and oxygen atoms in total. The van der Waals surface area contributed by atoms with E-state index in [4.69, 9.17) is 4.74 Å². The molecule has 2 heterocycles. The number of benzene rings is 1. The summed E-state index contributed by atoms with van der Waals surface area (Å²) in [5.74, 6) is 1.29. The Morgan fingerprint density at radius 3 is 2.69 bits per heavy atom. The van der Waals surface area contributed by atoms with E-state index in [1.807, 2.05) is 30.3 Å². The van der Waals surface area contributed by atoms with E-state index in [0.29, 0.717) is 32.1 Å². The van der Waals surface area contributed by atoms with Crippen LogP contribution in [0.15, 0.2) is 35.1 Å². The fourth-order valence-electron chi connectivity index (χ4n) is 3.23. The zero-order chi connectivity index (χ0) is 18.7. The summed E-state index contributed by atoms with van der Waals surface area (Å²) in [5, 5.41) is 4.45. The highest BCUT2D eigenvalue weighted by Crippen LogP contribution is 2.26. The number of aromatic nitrogens is 3. The van der Waals surface area contributed by atoms with E-state index in [9.17, 15) is 13.2 Å². The number of ether oxygens (including phenoxy) is 1. The molecule has 0 N–H and O–H groups in total. The van der Waals surface area contributed by atoms with E-state index < -0.39 is 10.0 Å². The van der Waals surface area contributed by atoms with Crippen LogP contribution in [0.2, 0.25) is 0 Å². The SMILES string of the molecule is Cn1c(C2CCCN(S(C)(=O)=O)C2)nn(CCOc2ccccc2)c1=O. The molecular weight excluding hydrogens is 356 g/mol. The van der Waals surface area contributed by atoms with Crippen LogP contribution in [0.4, 0.5) is 0 Å². The summed E-state index contributed by atoms with van der Waals surface area (Å²) in [6.45, 7) is 1.56. The van der Waals surface area contributed by atoms with Gasteiger partial charge in [-0.05, 0) is 25.0 Å². The van der Waals surface area contributed by atoms with E-state index in [0.717, 1.165) is 18.6 Å². The lowest BCUT2D eigenvalue weighted by atomic mass is 9.99. The lowest BCUT2D eigenvalue weighted by Crippen LogP contribution is -2.39. The van der Waals surface area contributed by atoms with Gasteiger partial charge in [0.25, 0.3) is 0 Å². The second kappa shape index (κ2) is 7.63. The van der Waals surface area contributed by atoms with Crippen molar-refractivity contribution in [1.82, 2.24) is 18.7 Å². The Morgan fingerprint density at radius 2 is 2.00 bits per heavy atom. The summed E-state index contributed by atoms with van der Waals surface area (Å²) in [4.78, 5) is 12.4. The van der Waals surface area contributed by atoms with Crippen molar-refractivity contribution in [2.75, 3.05) is 26.0 Å². The number of para-hydroxylation sites is 1. The fourth-order valence-corrected chi connectivity index (χ4v) is 4.14. The normalized spacial score (nSPS) is 18.8. The number of hydrogen-bond acceptors (Lipinski definition) is 5. The van der Waals surface area contributed by atoms with Gasteiger partial charge in [0.15, 0.2) is 0 Å². The van der Waals surface area contributed by atoms with Crippen LogP contribution in [-0.4, -0.2) is 53.0 Å². The predicted octanol–water partition coefficient (Wildman–Crippen LogP) is 0.800. The van der Waals surface area contributed by atoms with Crippen molar-refractivity contribution < 1.29 is 13.2 Å². The Bertz CT molecular complexity index is 905. The number of piperidine rings is 1. The molecule has 0 radical (unpaired) electrons. The Hall–Kier alpha value is -2.13. The zero-order valence-electron chi connectivity index (χ0n) is 15.0. The van der Waals surface area contributed by atoms with Crippen LogP contribution >= 0.6 is 0 Å². The van der Waals surface area contributed by atoms with Crippen LogP contribution in [0, 0.1) is 0 Å². The maximum atomic E-state index is 12.4. The molecule has 0 bridgehead atoms. The molecule has 3 rings (SSSR count). The van der Waals surface area contributed by atoms with Crippen molar-refractivity contribution >= 4 is 10.0 Å². The van der Waals surface area contributed by atoms with E-state index >= 15 is 0 Å². The zero-order valence-corrected chi connectivity index (χ0v) is 15.9. The molecule has 1 saturated heterocycles. The van der Waals surface area contributed by atoms with Gasteiger partial charge in [-0.15, -0.1) is 0 Å². The quantitative estimate of drug-likeness (QED) is 0.740. The lowest BCUT2D eigenvalue weighted by Gasteiger charge is -2.30. The smallest absolute Gasteiger partial charge is 0.345 e. The highest BCUT2D eigenvalue weighted by molar-refractivity contribution is 7.88. The van der Waals surface area contributed by atoms with Gasteiger partial charge in [0, 0.05) is 26.1 Å². The molecule has 1 aromatic heterocycles. The molecule has 1 atom stereocenters. The maximum Gasteiger partial charge on any atom is 0.345 e. The summed E-state index contributed by atoms with van der Waals surface area (Å²) in [6, 6.07) is 9.39. The van der Waals surface area contributed by atoms with Crippen molar-refractivity contribution in [3.05, 3.63) is 46.6 Å². The monoisotopic (exact) mass is 380 g/mol. The molecule has 1 unspecified atom stereocenters. The van der Waals surface area contributed by atoms with Gasteiger partial charge in [0.1, 0.15) is 18.2 Å². The van der Waals surface area contributed by atoms with Crippen LogP contribution in [0.25, 0.3) is 0 Å². The molecule has 1 aliphatic rings. The average Bonchev–Trinajstić information content (AvgIpc) is 2.91. The first-order valence-corrected chi connectivity index (χ1v) is 10.5. The van der Waals surface area contributed by atoms with Gasteiger partial charge in [-0.25, -0.2) is 22.2 Å². The maximum absolute atomic E-state index is 12.4. The Balaban J connectivity index is 1.70. The summed E-state index contributed by atoms with van der Waals surface area (Å²) < 4.78 is 33.6. The lowest BCUT2D eigenvalue weighted by molar-refractivity contribution is 0.286. The third-order valence-corrected chi connectivity index (χ3v) is 5.88. The molecule has 26 heavy (non-hydrogen) atoms. The van der Waals surface area contributed by atoms with Crippen LogP contribution in [0.3, 0.4) is 0 Å². The Labute approximate surface area is 153 Å². The molecule has 1 aliphatic heterocycles. The number of nitrogens with zero attached hydrogens (tertiary/aromatic N) is 4. The van der Waals surface area contributed by atoms with E-state index in [-0.39, 0.29) is 11.6 Å². The topological polar surface area (TPSA) is 86.4 Å². The summed E-state index contributed by atoms with van der Waals surface area (Å²) in [5.41, 5.74) is -0.215. The van der Waals surface area contributed by atoms with Crippen LogP contribution < -0.4 is 10.4 Å². The number of sulfonamides is 1. The van der Waals surface area contributed by atoms with Crippen LogP contribution in [0.5, 0.6) is 5.75 Å². The first kappa shape index (κ1) is 18.7. The first-order valence-electron chi connectivity index (χ1n) is 8.63. The molecular formula is C17H24N4O4S. The van der Waals surface area contributed by atoms with Crippen molar-refractivity contribution in [2.45, 2.75) is 25.3 Å². The highest BCUT2D eigenvalue weighted by Gasteiger charge is 2.30. The first-order chi connectivity index (χ1) is 12.4. The van der Waals surface area contributed by atoms with Crippen molar-refractivity contribution in [2.24, 2.45) is 7.05 Å². The van der Waals surface area contributed by atoms with Crippen LogP contribution in [0.1, 0.15) is 24.6 Å². The van der Waals surface area contributed by atoms with Crippen LogP contribution in [-0.2, 0) is 23.6 Å². The minimum atomic E-state index is -3.24. The predicted molar refractivity (Wildman–Crippen MR) is 97.8 cm³/mol. The van der Waals surface area contributed by atoms with Gasteiger partial charge in [-0.1, -0.05) is 18.2 Å². The largest absolute Gasteiger partial charge is 0.492 e. The third kappa shape index (κ3) is 4.16. The molecule has 9 heteroatoms. The van der Waals surface area contributed by atoms with E-state index in [1.165, 1.54) is 19.8 Å². The molecule has 0 aliphatic carbocycles. The minimum absolute atomic E-state index is 0.0764. The second-order valence-electron chi connectivity index (χ2n) is 6.54. The Kier molecular flexibility index (Phi) is 5.47. The fraction of sp³-hybridized carbons (Fsp3) is 0.529. The third-order valence-electron chi connectivity index (χ3n) is 4.61. The van der Waals surface area contributed by atoms with E-state index in [2.05, 4.69) is 5.10 Å². The van der Waals surface area contributed by atoms with Gasteiger partial charge < -0.3 is 4.74 Å². The van der Waals surface area contributed by atoms with Gasteiger partial charge in [-0.3, -0.25) is 4.57 Å². The summed E-state index contributed by atoms with van der Waals surface area (Å²) >= 11 is 0. The van der Waals surface area contributed by atoms with Gasteiger partial charge in [-0.2, -0.15) is 5.10 Å².